The first-order valence-electron chi connectivity index (χ1n) is 5.26. The molecule has 1 amide bonds. The molecular weight excluding hydrogens is 226 g/mol. The van der Waals surface area contributed by atoms with Crippen LogP contribution in [0.5, 0.6) is 0 Å². The van der Waals surface area contributed by atoms with Gasteiger partial charge in [-0.1, -0.05) is 0 Å². The van der Waals surface area contributed by atoms with E-state index in [-0.39, 0.29) is 5.91 Å². The Kier molecular flexibility index (Phi) is 3.24. The Bertz CT molecular complexity index is 413. The Hall–Kier alpha value is -1.36. The average Bonchev–Trinajstić information content (AvgIpc) is 2.70. The van der Waals surface area contributed by atoms with Gasteiger partial charge in [-0.3, -0.25) is 4.79 Å². The van der Waals surface area contributed by atoms with Crippen LogP contribution in [0.3, 0.4) is 0 Å². The minimum Gasteiger partial charge on any atom is -0.477 e. The van der Waals surface area contributed by atoms with Crippen LogP contribution in [0.4, 0.5) is 0 Å². The van der Waals surface area contributed by atoms with Gasteiger partial charge in [0.15, 0.2) is 0 Å². The molecule has 0 bridgehead atoms. The summed E-state index contributed by atoms with van der Waals surface area (Å²) in [5, 5.41) is 8.79. The molecule has 0 atom stereocenters. The smallest absolute Gasteiger partial charge is 0.345 e. The van der Waals surface area contributed by atoms with Gasteiger partial charge in [0.05, 0.1) is 6.54 Å². The molecule has 0 spiro atoms. The first-order valence-corrected chi connectivity index (χ1v) is 6.08. The predicted molar refractivity (Wildman–Crippen MR) is 60.5 cm³/mol. The number of thiophene rings is 1. The SMILES string of the molecule is O=C(O)c1ccc(CN2CCCCC2=O)s1. The maximum absolute atomic E-state index is 11.6. The van der Waals surface area contributed by atoms with Crippen molar-refractivity contribution in [2.45, 2.75) is 25.8 Å². The standard InChI is InChI=1S/C11H13NO3S/c13-10-3-1-2-6-12(10)7-8-4-5-9(16-8)11(14)15/h4-5H,1-3,6-7H2,(H,14,15). The fraction of sp³-hybridized carbons (Fsp3) is 0.455. The van der Waals surface area contributed by atoms with Gasteiger partial charge in [0.1, 0.15) is 4.88 Å². The number of nitrogens with zero attached hydrogens (tertiary/aromatic N) is 1. The minimum atomic E-state index is -0.902. The molecule has 0 radical (unpaired) electrons. The van der Waals surface area contributed by atoms with Crippen LogP contribution in [-0.2, 0) is 11.3 Å². The topological polar surface area (TPSA) is 57.6 Å². The van der Waals surface area contributed by atoms with Crippen LogP contribution < -0.4 is 0 Å². The second-order valence-corrected chi connectivity index (χ2v) is 5.01. The lowest BCUT2D eigenvalue weighted by Crippen LogP contribution is -2.34. The van der Waals surface area contributed by atoms with Gasteiger partial charge >= 0.3 is 5.97 Å². The summed E-state index contributed by atoms with van der Waals surface area (Å²) < 4.78 is 0. The molecule has 0 saturated carbocycles. The molecule has 1 aromatic rings. The first kappa shape index (κ1) is 11.1. The highest BCUT2D eigenvalue weighted by molar-refractivity contribution is 7.13. The monoisotopic (exact) mass is 239 g/mol. The maximum Gasteiger partial charge on any atom is 0.345 e. The van der Waals surface area contributed by atoms with E-state index in [0.29, 0.717) is 17.8 Å². The number of aromatic carboxylic acids is 1. The summed E-state index contributed by atoms with van der Waals surface area (Å²) in [6.45, 7) is 1.34. The third-order valence-electron chi connectivity index (χ3n) is 2.64. The summed E-state index contributed by atoms with van der Waals surface area (Å²) >= 11 is 1.24. The molecule has 1 saturated heterocycles. The van der Waals surface area contributed by atoms with E-state index >= 15 is 0 Å². The summed E-state index contributed by atoms with van der Waals surface area (Å²) in [6, 6.07) is 3.38. The zero-order valence-corrected chi connectivity index (χ0v) is 9.63. The van der Waals surface area contributed by atoms with Crippen molar-refractivity contribution in [3.8, 4) is 0 Å². The Labute approximate surface area is 97.5 Å². The zero-order valence-electron chi connectivity index (χ0n) is 8.81. The fourth-order valence-corrected chi connectivity index (χ4v) is 2.66. The number of hydrogen-bond acceptors (Lipinski definition) is 3. The van der Waals surface area contributed by atoms with Crippen LogP contribution in [0.2, 0.25) is 0 Å². The molecular formula is C11H13NO3S. The van der Waals surface area contributed by atoms with Crippen molar-refractivity contribution in [1.29, 1.82) is 0 Å². The highest BCUT2D eigenvalue weighted by Gasteiger charge is 2.19. The molecule has 1 N–H and O–H groups in total. The van der Waals surface area contributed by atoms with Crippen LogP contribution in [0.1, 0.15) is 33.8 Å². The molecule has 2 rings (SSSR count). The number of carbonyl (C=O) groups is 2. The Morgan fingerprint density at radius 3 is 2.88 bits per heavy atom. The second kappa shape index (κ2) is 4.65. The average molecular weight is 239 g/mol. The molecule has 0 aliphatic carbocycles. The van der Waals surface area contributed by atoms with Crippen molar-refractivity contribution in [2.75, 3.05) is 6.54 Å². The van der Waals surface area contributed by atoms with Gasteiger partial charge in [-0.2, -0.15) is 0 Å². The van der Waals surface area contributed by atoms with Crippen molar-refractivity contribution in [3.63, 3.8) is 0 Å². The number of piperidine rings is 1. The third-order valence-corrected chi connectivity index (χ3v) is 3.70. The number of rotatable bonds is 3. The molecule has 1 aliphatic rings. The molecule has 0 aromatic carbocycles. The normalized spacial score (nSPS) is 16.5. The van der Waals surface area contributed by atoms with E-state index in [1.165, 1.54) is 11.3 Å². The summed E-state index contributed by atoms with van der Waals surface area (Å²) in [5.74, 6) is -0.724. The van der Waals surface area contributed by atoms with Gasteiger partial charge < -0.3 is 10.0 Å². The number of carbonyl (C=O) groups excluding carboxylic acids is 1. The molecule has 4 nitrogen and oxygen atoms in total. The molecule has 0 unspecified atom stereocenters. The van der Waals surface area contributed by atoms with E-state index in [1.807, 2.05) is 0 Å². The molecule has 1 aromatic heterocycles. The van der Waals surface area contributed by atoms with Crippen LogP contribution in [-0.4, -0.2) is 28.4 Å². The lowest BCUT2D eigenvalue weighted by Gasteiger charge is -2.26. The number of amides is 1. The molecule has 86 valence electrons. The fourth-order valence-electron chi connectivity index (χ4n) is 1.79. The number of carboxylic acids is 1. The van der Waals surface area contributed by atoms with E-state index in [4.69, 9.17) is 5.11 Å². The Morgan fingerprint density at radius 1 is 1.44 bits per heavy atom. The van der Waals surface area contributed by atoms with Gasteiger partial charge in [-0.25, -0.2) is 4.79 Å². The van der Waals surface area contributed by atoms with Gasteiger partial charge in [0.2, 0.25) is 5.91 Å². The van der Waals surface area contributed by atoms with Gasteiger partial charge in [-0.05, 0) is 25.0 Å². The van der Waals surface area contributed by atoms with Crippen molar-refractivity contribution < 1.29 is 14.7 Å². The molecule has 1 aliphatic heterocycles. The van der Waals surface area contributed by atoms with E-state index in [0.717, 1.165) is 24.3 Å². The molecule has 5 heteroatoms. The van der Waals surface area contributed by atoms with Gasteiger partial charge in [-0.15, -0.1) is 11.3 Å². The van der Waals surface area contributed by atoms with Crippen LogP contribution >= 0.6 is 11.3 Å². The lowest BCUT2D eigenvalue weighted by molar-refractivity contribution is -0.133. The third kappa shape index (κ3) is 2.41. The summed E-state index contributed by atoms with van der Waals surface area (Å²) in [6.07, 6.45) is 2.64. The highest BCUT2D eigenvalue weighted by atomic mass is 32.1. The molecule has 16 heavy (non-hydrogen) atoms. The second-order valence-electron chi connectivity index (χ2n) is 3.84. The van der Waals surface area contributed by atoms with Crippen LogP contribution in [0, 0.1) is 0 Å². The van der Waals surface area contributed by atoms with Crippen molar-refractivity contribution in [2.24, 2.45) is 0 Å². The van der Waals surface area contributed by atoms with E-state index < -0.39 is 5.97 Å². The zero-order chi connectivity index (χ0) is 11.5. The number of hydrogen-bond donors (Lipinski definition) is 1. The molecule has 2 heterocycles. The van der Waals surface area contributed by atoms with E-state index in [1.54, 1.807) is 17.0 Å². The summed E-state index contributed by atoms with van der Waals surface area (Å²) in [7, 11) is 0. The Morgan fingerprint density at radius 2 is 2.25 bits per heavy atom. The minimum absolute atomic E-state index is 0.177. The van der Waals surface area contributed by atoms with Crippen LogP contribution in [0.15, 0.2) is 12.1 Å². The maximum atomic E-state index is 11.6. The Balaban J connectivity index is 2.02. The van der Waals surface area contributed by atoms with Gasteiger partial charge in [0.25, 0.3) is 0 Å². The lowest BCUT2D eigenvalue weighted by atomic mass is 10.1. The quantitative estimate of drug-likeness (QED) is 0.877. The molecule has 1 fully saturated rings. The summed E-state index contributed by atoms with van der Waals surface area (Å²) in [5.41, 5.74) is 0. The van der Waals surface area contributed by atoms with Crippen LogP contribution in [0.25, 0.3) is 0 Å². The van der Waals surface area contributed by atoms with E-state index in [9.17, 15) is 9.59 Å². The predicted octanol–water partition coefficient (Wildman–Crippen LogP) is 1.96. The summed E-state index contributed by atoms with van der Waals surface area (Å²) in [4.78, 5) is 25.3. The van der Waals surface area contributed by atoms with E-state index in [2.05, 4.69) is 0 Å². The first-order chi connectivity index (χ1) is 7.66. The van der Waals surface area contributed by atoms with Crippen molar-refractivity contribution >= 4 is 23.2 Å². The van der Waals surface area contributed by atoms with Gasteiger partial charge in [0, 0.05) is 17.8 Å². The largest absolute Gasteiger partial charge is 0.477 e. The van der Waals surface area contributed by atoms with Crippen molar-refractivity contribution in [1.82, 2.24) is 4.90 Å². The number of carboxylic acid groups (broad SMARTS) is 1. The van der Waals surface area contributed by atoms with Crippen molar-refractivity contribution in [3.05, 3.63) is 21.9 Å². The number of likely N-dealkylation sites (tertiary alicyclic amines) is 1. The highest BCUT2D eigenvalue weighted by Crippen LogP contribution is 2.20.